The Morgan fingerprint density at radius 3 is 2.77 bits per heavy atom. The molecule has 0 spiro atoms. The SMILES string of the molecule is O=C(NC1CCOCC1)C1CN(c2nc3ccccc3o2)C1. The number of carbonyl (C=O) groups is 1. The first kappa shape index (κ1) is 13.6. The summed E-state index contributed by atoms with van der Waals surface area (Å²) < 4.78 is 11.0. The fourth-order valence-electron chi connectivity index (χ4n) is 2.96. The number of para-hydroxylation sites is 2. The summed E-state index contributed by atoms with van der Waals surface area (Å²) in [6.45, 7) is 2.82. The quantitative estimate of drug-likeness (QED) is 0.932. The molecule has 2 saturated heterocycles. The van der Waals surface area contributed by atoms with E-state index in [1.165, 1.54) is 0 Å². The van der Waals surface area contributed by atoms with E-state index in [4.69, 9.17) is 9.15 Å². The Kier molecular flexibility index (Phi) is 3.46. The highest BCUT2D eigenvalue weighted by Gasteiger charge is 2.36. The van der Waals surface area contributed by atoms with Gasteiger partial charge < -0.3 is 19.4 Å². The molecule has 1 amide bonds. The molecule has 6 nitrogen and oxygen atoms in total. The molecule has 1 aromatic heterocycles. The highest BCUT2D eigenvalue weighted by atomic mass is 16.5. The van der Waals surface area contributed by atoms with Crippen LogP contribution in [0, 0.1) is 5.92 Å². The van der Waals surface area contributed by atoms with Gasteiger partial charge in [0.1, 0.15) is 5.52 Å². The number of carbonyl (C=O) groups excluding carboxylic acids is 1. The van der Waals surface area contributed by atoms with Crippen LogP contribution in [0.4, 0.5) is 6.01 Å². The summed E-state index contributed by atoms with van der Waals surface area (Å²) in [5.41, 5.74) is 1.64. The largest absolute Gasteiger partial charge is 0.423 e. The third kappa shape index (κ3) is 2.54. The van der Waals surface area contributed by atoms with E-state index in [9.17, 15) is 4.79 Å². The molecule has 0 aliphatic carbocycles. The van der Waals surface area contributed by atoms with Gasteiger partial charge in [-0.15, -0.1) is 0 Å². The molecular formula is C16H19N3O3. The van der Waals surface area contributed by atoms with Crippen molar-refractivity contribution in [3.8, 4) is 0 Å². The fourth-order valence-corrected chi connectivity index (χ4v) is 2.96. The smallest absolute Gasteiger partial charge is 0.298 e. The summed E-state index contributed by atoms with van der Waals surface area (Å²) >= 11 is 0. The summed E-state index contributed by atoms with van der Waals surface area (Å²) in [5, 5.41) is 3.12. The van der Waals surface area contributed by atoms with Crippen LogP contribution in [0.5, 0.6) is 0 Å². The maximum atomic E-state index is 12.2. The van der Waals surface area contributed by atoms with Gasteiger partial charge in [-0.2, -0.15) is 4.98 Å². The maximum Gasteiger partial charge on any atom is 0.298 e. The van der Waals surface area contributed by atoms with E-state index in [0.29, 0.717) is 19.1 Å². The average Bonchev–Trinajstić information content (AvgIpc) is 2.90. The zero-order chi connectivity index (χ0) is 14.9. The number of anilines is 1. The monoisotopic (exact) mass is 301 g/mol. The van der Waals surface area contributed by atoms with Crippen LogP contribution >= 0.6 is 0 Å². The van der Waals surface area contributed by atoms with E-state index in [2.05, 4.69) is 10.3 Å². The Morgan fingerprint density at radius 1 is 1.23 bits per heavy atom. The number of aromatic nitrogens is 1. The number of rotatable bonds is 3. The Balaban J connectivity index is 1.34. The molecule has 4 rings (SSSR count). The number of ether oxygens (including phenoxy) is 1. The predicted octanol–water partition coefficient (Wildman–Crippen LogP) is 1.56. The minimum atomic E-state index is 0.0258. The van der Waals surface area contributed by atoms with E-state index in [1.807, 2.05) is 29.2 Å². The number of hydrogen-bond donors (Lipinski definition) is 1. The lowest BCUT2D eigenvalue weighted by Crippen LogP contribution is -2.55. The molecule has 0 unspecified atom stereocenters. The average molecular weight is 301 g/mol. The van der Waals surface area contributed by atoms with Crippen LogP contribution < -0.4 is 10.2 Å². The lowest BCUT2D eigenvalue weighted by molar-refractivity contribution is -0.127. The predicted molar refractivity (Wildman–Crippen MR) is 81.7 cm³/mol. The summed E-state index contributed by atoms with van der Waals surface area (Å²) in [4.78, 5) is 18.7. The number of nitrogens with zero attached hydrogens (tertiary/aromatic N) is 2. The Bertz CT molecular complexity index is 639. The zero-order valence-corrected chi connectivity index (χ0v) is 12.3. The molecule has 0 saturated carbocycles. The minimum Gasteiger partial charge on any atom is -0.423 e. The zero-order valence-electron chi connectivity index (χ0n) is 12.3. The van der Waals surface area contributed by atoms with E-state index in [0.717, 1.165) is 37.2 Å². The van der Waals surface area contributed by atoms with Gasteiger partial charge in [0.2, 0.25) is 5.91 Å². The second-order valence-electron chi connectivity index (χ2n) is 5.96. The molecule has 3 heterocycles. The Morgan fingerprint density at radius 2 is 2.00 bits per heavy atom. The van der Waals surface area contributed by atoms with Crippen LogP contribution in [-0.4, -0.2) is 43.2 Å². The van der Waals surface area contributed by atoms with Crippen LogP contribution in [0.25, 0.3) is 11.1 Å². The van der Waals surface area contributed by atoms with Crippen molar-refractivity contribution in [2.45, 2.75) is 18.9 Å². The first-order chi connectivity index (χ1) is 10.8. The van der Waals surface area contributed by atoms with Crippen LogP contribution in [-0.2, 0) is 9.53 Å². The lowest BCUT2D eigenvalue weighted by Gasteiger charge is -2.38. The van der Waals surface area contributed by atoms with Crippen molar-refractivity contribution in [2.75, 3.05) is 31.2 Å². The molecule has 2 fully saturated rings. The Labute approximate surface area is 128 Å². The van der Waals surface area contributed by atoms with E-state index in [-0.39, 0.29) is 17.9 Å². The third-order valence-corrected chi connectivity index (χ3v) is 4.37. The molecule has 116 valence electrons. The first-order valence-electron chi connectivity index (χ1n) is 7.78. The van der Waals surface area contributed by atoms with Crippen LogP contribution in [0.2, 0.25) is 0 Å². The van der Waals surface area contributed by atoms with Crippen molar-refractivity contribution in [2.24, 2.45) is 5.92 Å². The normalized spacial score (nSPS) is 20.1. The van der Waals surface area contributed by atoms with Gasteiger partial charge >= 0.3 is 0 Å². The van der Waals surface area contributed by atoms with E-state index >= 15 is 0 Å². The standard InChI is InChI=1S/C16H19N3O3/c20-15(17-12-5-7-21-8-6-12)11-9-19(10-11)16-18-13-3-1-2-4-14(13)22-16/h1-4,11-12H,5-10H2,(H,17,20). The summed E-state index contributed by atoms with van der Waals surface area (Å²) in [5.74, 6) is 0.164. The van der Waals surface area contributed by atoms with Gasteiger partial charge in [-0.1, -0.05) is 12.1 Å². The van der Waals surface area contributed by atoms with Crippen molar-refractivity contribution < 1.29 is 13.9 Å². The molecule has 6 heteroatoms. The van der Waals surface area contributed by atoms with E-state index in [1.54, 1.807) is 0 Å². The topological polar surface area (TPSA) is 67.6 Å². The molecule has 1 aromatic carbocycles. The molecule has 2 aliphatic heterocycles. The van der Waals surface area contributed by atoms with Gasteiger partial charge in [-0.3, -0.25) is 4.79 Å². The summed E-state index contributed by atoms with van der Waals surface area (Å²) in [7, 11) is 0. The van der Waals surface area contributed by atoms with Gasteiger partial charge in [0.05, 0.1) is 5.92 Å². The van der Waals surface area contributed by atoms with Crippen molar-refractivity contribution in [1.82, 2.24) is 10.3 Å². The maximum absolute atomic E-state index is 12.2. The molecule has 2 aliphatic rings. The van der Waals surface area contributed by atoms with Crippen LogP contribution in [0.3, 0.4) is 0 Å². The Hall–Kier alpha value is -2.08. The second-order valence-corrected chi connectivity index (χ2v) is 5.96. The number of nitrogens with one attached hydrogen (secondary N) is 1. The number of fused-ring (bicyclic) bond motifs is 1. The van der Waals surface area contributed by atoms with Crippen LogP contribution in [0.1, 0.15) is 12.8 Å². The van der Waals surface area contributed by atoms with Gasteiger partial charge in [-0.25, -0.2) is 0 Å². The molecular weight excluding hydrogens is 282 g/mol. The van der Waals surface area contributed by atoms with Crippen molar-refractivity contribution in [1.29, 1.82) is 0 Å². The van der Waals surface area contributed by atoms with Gasteiger partial charge in [-0.05, 0) is 25.0 Å². The molecule has 1 N–H and O–H groups in total. The third-order valence-electron chi connectivity index (χ3n) is 4.37. The highest BCUT2D eigenvalue weighted by molar-refractivity contribution is 5.82. The number of benzene rings is 1. The first-order valence-corrected chi connectivity index (χ1v) is 7.78. The number of hydrogen-bond acceptors (Lipinski definition) is 5. The van der Waals surface area contributed by atoms with Crippen LogP contribution in [0.15, 0.2) is 28.7 Å². The van der Waals surface area contributed by atoms with Crippen molar-refractivity contribution >= 4 is 23.0 Å². The molecule has 0 radical (unpaired) electrons. The summed E-state index contributed by atoms with van der Waals surface area (Å²) in [6.07, 6.45) is 1.82. The lowest BCUT2D eigenvalue weighted by atomic mass is 9.98. The molecule has 0 bridgehead atoms. The van der Waals surface area contributed by atoms with E-state index < -0.39 is 0 Å². The van der Waals surface area contributed by atoms with Gasteiger partial charge in [0.25, 0.3) is 6.01 Å². The molecule has 0 atom stereocenters. The van der Waals surface area contributed by atoms with Crippen molar-refractivity contribution in [3.05, 3.63) is 24.3 Å². The minimum absolute atomic E-state index is 0.0258. The number of amides is 1. The fraction of sp³-hybridized carbons (Fsp3) is 0.500. The molecule has 22 heavy (non-hydrogen) atoms. The van der Waals surface area contributed by atoms with Crippen molar-refractivity contribution in [3.63, 3.8) is 0 Å². The molecule has 2 aromatic rings. The number of oxazole rings is 1. The van der Waals surface area contributed by atoms with Gasteiger partial charge in [0, 0.05) is 32.3 Å². The van der Waals surface area contributed by atoms with Gasteiger partial charge in [0.15, 0.2) is 5.58 Å². The second kappa shape index (κ2) is 5.61. The highest BCUT2D eigenvalue weighted by Crippen LogP contribution is 2.27. The summed E-state index contributed by atoms with van der Waals surface area (Å²) in [6, 6.07) is 8.57.